The summed E-state index contributed by atoms with van der Waals surface area (Å²) in [6.07, 6.45) is 3.32. The number of hydrogen-bond acceptors (Lipinski definition) is 5. The lowest BCUT2D eigenvalue weighted by molar-refractivity contribution is -0.143. The summed E-state index contributed by atoms with van der Waals surface area (Å²) in [5.74, 6) is -0.340. The second-order valence-corrected chi connectivity index (χ2v) is 6.02. The third-order valence-electron chi connectivity index (χ3n) is 2.89. The van der Waals surface area contributed by atoms with Crippen molar-refractivity contribution < 1.29 is 9.53 Å². The van der Waals surface area contributed by atoms with Gasteiger partial charge < -0.3 is 4.74 Å². The Morgan fingerprint density at radius 2 is 2.25 bits per heavy atom. The van der Waals surface area contributed by atoms with E-state index in [0.29, 0.717) is 0 Å². The zero-order chi connectivity index (χ0) is 14.5. The Hall–Kier alpha value is -1.43. The van der Waals surface area contributed by atoms with Crippen molar-refractivity contribution in [2.24, 2.45) is 0 Å². The summed E-state index contributed by atoms with van der Waals surface area (Å²) in [6.45, 7) is 1.98. The number of esters is 1. The minimum Gasteiger partial charge on any atom is -0.468 e. The minimum absolute atomic E-state index is 0.0168. The van der Waals surface area contributed by atoms with Gasteiger partial charge in [0.15, 0.2) is 0 Å². The molecule has 4 nitrogen and oxygen atoms in total. The first-order chi connectivity index (χ1) is 9.61. The molecule has 2 aromatic heterocycles. The van der Waals surface area contributed by atoms with Crippen molar-refractivity contribution >= 4 is 28.9 Å². The number of nitrogens with zero attached hydrogens (tertiary/aromatic N) is 1. The number of thiophene rings is 1. The summed E-state index contributed by atoms with van der Waals surface area (Å²) in [7, 11) is 1.38. The first kappa shape index (κ1) is 15.0. The van der Waals surface area contributed by atoms with Gasteiger partial charge in [0.2, 0.25) is 0 Å². The Bertz CT molecular complexity index is 574. The standard InChI is InChI=1S/C14H15ClN2O2S/c1-9(11-5-6-12(15)20-11)17-13(14(18)19-2)10-4-3-7-16-8-10/h3-9,13,17H,1-2H3/t9-,13+/m0/s1. The third kappa shape index (κ3) is 3.56. The van der Waals surface area contributed by atoms with Crippen molar-refractivity contribution in [1.29, 1.82) is 0 Å². The SMILES string of the molecule is COC(=O)[C@H](N[C@@H](C)c1ccc(Cl)s1)c1cccnc1. The molecule has 0 fully saturated rings. The zero-order valence-corrected chi connectivity index (χ0v) is 12.7. The Morgan fingerprint density at radius 3 is 2.80 bits per heavy atom. The van der Waals surface area contributed by atoms with Crippen molar-refractivity contribution in [2.75, 3.05) is 7.11 Å². The average Bonchev–Trinajstić information content (AvgIpc) is 2.91. The monoisotopic (exact) mass is 310 g/mol. The Kier molecular flexibility index (Phi) is 5.11. The van der Waals surface area contributed by atoms with Crippen molar-refractivity contribution in [3.05, 3.63) is 51.4 Å². The molecular weight excluding hydrogens is 296 g/mol. The van der Waals surface area contributed by atoms with E-state index in [9.17, 15) is 4.79 Å². The van der Waals surface area contributed by atoms with Crippen LogP contribution in [-0.2, 0) is 9.53 Å². The first-order valence-electron chi connectivity index (χ1n) is 6.11. The van der Waals surface area contributed by atoms with Crippen LogP contribution in [0.5, 0.6) is 0 Å². The lowest BCUT2D eigenvalue weighted by Gasteiger charge is -2.20. The molecule has 0 bridgehead atoms. The van der Waals surface area contributed by atoms with Gasteiger partial charge in [0.1, 0.15) is 6.04 Å². The summed E-state index contributed by atoms with van der Waals surface area (Å²) in [5.41, 5.74) is 0.772. The normalized spacial score (nSPS) is 13.8. The molecule has 20 heavy (non-hydrogen) atoms. The van der Waals surface area contributed by atoms with E-state index in [1.165, 1.54) is 18.4 Å². The van der Waals surface area contributed by atoms with Gasteiger partial charge in [-0.05, 0) is 30.7 Å². The van der Waals surface area contributed by atoms with E-state index in [2.05, 4.69) is 10.3 Å². The molecule has 0 spiro atoms. The van der Waals surface area contributed by atoms with E-state index in [1.807, 2.05) is 25.1 Å². The van der Waals surface area contributed by atoms with Crippen molar-refractivity contribution in [3.8, 4) is 0 Å². The molecule has 0 radical (unpaired) electrons. The van der Waals surface area contributed by atoms with Gasteiger partial charge in [0.25, 0.3) is 0 Å². The van der Waals surface area contributed by atoms with Crippen LogP contribution >= 0.6 is 22.9 Å². The van der Waals surface area contributed by atoms with Gasteiger partial charge in [0.05, 0.1) is 11.4 Å². The largest absolute Gasteiger partial charge is 0.468 e. The average molecular weight is 311 g/mol. The van der Waals surface area contributed by atoms with Crippen LogP contribution in [0, 0.1) is 0 Å². The van der Waals surface area contributed by atoms with Crippen molar-refractivity contribution in [1.82, 2.24) is 10.3 Å². The summed E-state index contributed by atoms with van der Waals surface area (Å²) in [6, 6.07) is 6.86. The molecule has 0 amide bonds. The van der Waals surface area contributed by atoms with Crippen LogP contribution in [0.15, 0.2) is 36.7 Å². The molecule has 106 valence electrons. The van der Waals surface area contributed by atoms with E-state index in [-0.39, 0.29) is 12.0 Å². The van der Waals surface area contributed by atoms with E-state index in [0.717, 1.165) is 14.8 Å². The molecule has 0 aromatic carbocycles. The quantitative estimate of drug-likeness (QED) is 0.860. The molecule has 0 aliphatic carbocycles. The van der Waals surface area contributed by atoms with E-state index in [1.54, 1.807) is 18.5 Å². The van der Waals surface area contributed by atoms with Gasteiger partial charge in [-0.25, -0.2) is 4.79 Å². The van der Waals surface area contributed by atoms with E-state index >= 15 is 0 Å². The summed E-state index contributed by atoms with van der Waals surface area (Å²) in [5, 5.41) is 3.25. The van der Waals surface area contributed by atoms with Gasteiger partial charge in [-0.15, -0.1) is 11.3 Å². The number of methoxy groups -OCH3 is 1. The highest BCUT2D eigenvalue weighted by Crippen LogP contribution is 2.28. The third-order valence-corrected chi connectivity index (χ3v) is 4.31. The number of carbonyl (C=O) groups excluding carboxylic acids is 1. The second kappa shape index (κ2) is 6.83. The highest BCUT2D eigenvalue weighted by molar-refractivity contribution is 7.16. The maximum absolute atomic E-state index is 11.9. The molecule has 6 heteroatoms. The van der Waals surface area contributed by atoms with Crippen LogP contribution in [0.1, 0.15) is 29.4 Å². The highest BCUT2D eigenvalue weighted by Gasteiger charge is 2.24. The van der Waals surface area contributed by atoms with E-state index in [4.69, 9.17) is 16.3 Å². The number of hydrogen-bond donors (Lipinski definition) is 1. The topological polar surface area (TPSA) is 51.2 Å². The predicted octanol–water partition coefficient (Wildman–Crippen LogP) is 3.36. The summed E-state index contributed by atoms with van der Waals surface area (Å²) < 4.78 is 5.58. The van der Waals surface area contributed by atoms with Crippen LogP contribution in [0.4, 0.5) is 0 Å². The molecule has 2 atom stereocenters. The number of halogens is 1. The maximum atomic E-state index is 11.9. The Labute approximate surface area is 126 Å². The Morgan fingerprint density at radius 1 is 1.45 bits per heavy atom. The lowest BCUT2D eigenvalue weighted by Crippen LogP contribution is -2.31. The maximum Gasteiger partial charge on any atom is 0.327 e. The number of carbonyl (C=O) groups is 1. The molecule has 0 unspecified atom stereocenters. The van der Waals surface area contributed by atoms with Crippen LogP contribution in [0.25, 0.3) is 0 Å². The predicted molar refractivity (Wildman–Crippen MR) is 79.9 cm³/mol. The van der Waals surface area contributed by atoms with Crippen LogP contribution in [-0.4, -0.2) is 18.1 Å². The fourth-order valence-corrected chi connectivity index (χ4v) is 2.93. The van der Waals surface area contributed by atoms with Crippen molar-refractivity contribution in [3.63, 3.8) is 0 Å². The first-order valence-corrected chi connectivity index (χ1v) is 7.30. The van der Waals surface area contributed by atoms with Crippen molar-refractivity contribution in [2.45, 2.75) is 19.0 Å². The van der Waals surface area contributed by atoms with Crippen LogP contribution in [0.3, 0.4) is 0 Å². The second-order valence-electron chi connectivity index (χ2n) is 4.27. The molecule has 0 saturated carbocycles. The van der Waals surface area contributed by atoms with Crippen LogP contribution in [0.2, 0.25) is 4.34 Å². The molecule has 2 rings (SSSR count). The number of nitrogens with one attached hydrogen (secondary N) is 1. The molecule has 0 aliphatic heterocycles. The number of rotatable bonds is 5. The van der Waals surface area contributed by atoms with Gasteiger partial charge >= 0.3 is 5.97 Å². The molecule has 1 N–H and O–H groups in total. The van der Waals surface area contributed by atoms with Gasteiger partial charge in [-0.3, -0.25) is 10.3 Å². The molecule has 2 heterocycles. The molecule has 2 aromatic rings. The fraction of sp³-hybridized carbons (Fsp3) is 0.286. The molecule has 0 aliphatic rings. The minimum atomic E-state index is -0.551. The van der Waals surface area contributed by atoms with Gasteiger partial charge in [0, 0.05) is 23.3 Å². The summed E-state index contributed by atoms with van der Waals surface area (Å²) in [4.78, 5) is 17.1. The lowest BCUT2D eigenvalue weighted by atomic mass is 10.1. The molecular formula is C14H15ClN2O2S. The molecule has 0 saturated heterocycles. The zero-order valence-electron chi connectivity index (χ0n) is 11.2. The number of ether oxygens (including phenoxy) is 1. The van der Waals surface area contributed by atoms with Gasteiger partial charge in [-0.2, -0.15) is 0 Å². The highest BCUT2D eigenvalue weighted by atomic mass is 35.5. The number of pyridine rings is 1. The summed E-state index contributed by atoms with van der Waals surface area (Å²) >= 11 is 7.42. The number of aromatic nitrogens is 1. The fourth-order valence-electron chi connectivity index (χ4n) is 1.86. The van der Waals surface area contributed by atoms with E-state index < -0.39 is 6.04 Å². The van der Waals surface area contributed by atoms with Gasteiger partial charge in [-0.1, -0.05) is 17.7 Å². The smallest absolute Gasteiger partial charge is 0.327 e. The van der Waals surface area contributed by atoms with Crippen LogP contribution < -0.4 is 5.32 Å². The Balaban J connectivity index is 2.18.